The van der Waals surface area contributed by atoms with Crippen LogP contribution in [-0.2, 0) is 0 Å². The van der Waals surface area contributed by atoms with Crippen molar-refractivity contribution in [3.8, 4) is 6.01 Å². The zero-order valence-corrected chi connectivity index (χ0v) is 14.2. The smallest absolute Gasteiger partial charge is 0.318 e. The maximum atomic E-state index is 5.73. The Balaban J connectivity index is 2.06. The molecule has 1 atom stereocenters. The van der Waals surface area contributed by atoms with Crippen molar-refractivity contribution in [1.29, 1.82) is 0 Å². The molecule has 1 unspecified atom stereocenters. The van der Waals surface area contributed by atoms with Crippen LogP contribution in [0.15, 0.2) is 24.3 Å². The first-order valence-electron chi connectivity index (χ1n) is 8.57. The minimum Gasteiger partial charge on any atom is -0.463 e. The zero-order chi connectivity index (χ0) is 16.2. The molecule has 1 fully saturated rings. The fraction of sp³-hybridized carbons (Fsp3) is 0.556. The minimum absolute atomic E-state index is 0.432. The molecule has 1 aliphatic heterocycles. The van der Waals surface area contributed by atoms with Crippen LogP contribution in [0.2, 0.25) is 0 Å². The molecule has 5 nitrogen and oxygen atoms in total. The summed E-state index contributed by atoms with van der Waals surface area (Å²) in [5.41, 5.74) is 0.949. The summed E-state index contributed by atoms with van der Waals surface area (Å²) >= 11 is 0. The molecule has 0 aliphatic carbocycles. The number of benzene rings is 1. The van der Waals surface area contributed by atoms with Gasteiger partial charge in [-0.2, -0.15) is 9.97 Å². The normalized spacial score (nSPS) is 18.6. The average Bonchev–Trinajstić information content (AvgIpc) is 2.59. The second-order valence-corrected chi connectivity index (χ2v) is 6.40. The van der Waals surface area contributed by atoms with Crippen molar-refractivity contribution in [1.82, 2.24) is 15.3 Å². The average molecular weight is 314 g/mol. The summed E-state index contributed by atoms with van der Waals surface area (Å²) in [5, 5.41) is 4.60. The largest absolute Gasteiger partial charge is 0.463 e. The number of rotatable bonds is 5. The van der Waals surface area contributed by atoms with Gasteiger partial charge in [-0.3, -0.25) is 0 Å². The van der Waals surface area contributed by atoms with Gasteiger partial charge in [-0.25, -0.2) is 0 Å². The van der Waals surface area contributed by atoms with E-state index >= 15 is 0 Å². The Morgan fingerprint density at radius 1 is 1.30 bits per heavy atom. The topological polar surface area (TPSA) is 50.3 Å². The van der Waals surface area contributed by atoms with Gasteiger partial charge in [0.15, 0.2) is 0 Å². The van der Waals surface area contributed by atoms with Crippen molar-refractivity contribution >= 4 is 16.7 Å². The summed E-state index contributed by atoms with van der Waals surface area (Å²) < 4.78 is 5.73. The third-order valence-corrected chi connectivity index (χ3v) is 4.32. The van der Waals surface area contributed by atoms with Crippen LogP contribution in [-0.4, -0.2) is 42.3 Å². The number of nitrogens with one attached hydrogen (secondary N) is 1. The highest BCUT2D eigenvalue weighted by molar-refractivity contribution is 5.90. The number of hydrogen-bond acceptors (Lipinski definition) is 5. The Kier molecular flexibility index (Phi) is 4.96. The second-order valence-electron chi connectivity index (χ2n) is 6.40. The molecular formula is C18H26N4O. The first-order valence-corrected chi connectivity index (χ1v) is 8.57. The van der Waals surface area contributed by atoms with Gasteiger partial charge in [0, 0.05) is 31.1 Å². The number of para-hydroxylation sites is 1. The first-order chi connectivity index (χ1) is 11.2. The van der Waals surface area contributed by atoms with Crippen LogP contribution in [0.25, 0.3) is 10.9 Å². The molecule has 1 saturated heterocycles. The van der Waals surface area contributed by atoms with E-state index in [4.69, 9.17) is 9.72 Å². The SMILES string of the molecule is CCCOc1nc(N2CCNCC2C(C)C)c2ccccc2n1. The van der Waals surface area contributed by atoms with Crippen LogP contribution in [0.3, 0.4) is 0 Å². The Hall–Kier alpha value is -1.88. The molecule has 0 spiro atoms. The summed E-state index contributed by atoms with van der Waals surface area (Å²) in [6, 6.07) is 9.12. The summed E-state index contributed by atoms with van der Waals surface area (Å²) in [4.78, 5) is 11.7. The third-order valence-electron chi connectivity index (χ3n) is 4.32. The van der Waals surface area contributed by atoms with E-state index < -0.39 is 0 Å². The number of aromatic nitrogens is 2. The molecule has 23 heavy (non-hydrogen) atoms. The maximum Gasteiger partial charge on any atom is 0.318 e. The van der Waals surface area contributed by atoms with E-state index in [1.165, 1.54) is 0 Å². The van der Waals surface area contributed by atoms with Gasteiger partial charge in [0.2, 0.25) is 0 Å². The van der Waals surface area contributed by atoms with Crippen LogP contribution >= 0.6 is 0 Å². The molecule has 1 aromatic heterocycles. The summed E-state index contributed by atoms with van der Waals surface area (Å²) in [7, 11) is 0. The Labute approximate surface area is 138 Å². The monoisotopic (exact) mass is 314 g/mol. The Bertz CT molecular complexity index is 659. The molecule has 2 aromatic rings. The maximum absolute atomic E-state index is 5.73. The number of fused-ring (bicyclic) bond motifs is 1. The van der Waals surface area contributed by atoms with E-state index in [2.05, 4.69) is 42.0 Å². The van der Waals surface area contributed by atoms with Crippen LogP contribution in [0.1, 0.15) is 27.2 Å². The molecule has 1 aromatic carbocycles. The molecule has 2 heterocycles. The van der Waals surface area contributed by atoms with E-state index in [0.717, 1.165) is 42.8 Å². The predicted octanol–water partition coefficient (Wildman–Crippen LogP) is 2.85. The number of ether oxygens (including phenoxy) is 1. The van der Waals surface area contributed by atoms with Crippen molar-refractivity contribution in [3.05, 3.63) is 24.3 Å². The standard InChI is InChI=1S/C18H26N4O/c1-4-11-23-18-20-15-8-6-5-7-14(15)17(21-18)22-10-9-19-12-16(22)13(2)3/h5-8,13,16,19H,4,9-12H2,1-3H3. The van der Waals surface area contributed by atoms with E-state index in [1.807, 2.05) is 18.2 Å². The third kappa shape index (κ3) is 3.39. The number of hydrogen-bond donors (Lipinski definition) is 1. The van der Waals surface area contributed by atoms with Gasteiger partial charge in [-0.1, -0.05) is 32.9 Å². The molecule has 0 saturated carbocycles. The van der Waals surface area contributed by atoms with Crippen molar-refractivity contribution in [2.75, 3.05) is 31.1 Å². The van der Waals surface area contributed by atoms with E-state index in [1.54, 1.807) is 0 Å². The van der Waals surface area contributed by atoms with E-state index in [9.17, 15) is 0 Å². The predicted molar refractivity (Wildman–Crippen MR) is 94.2 cm³/mol. The molecule has 5 heteroatoms. The fourth-order valence-corrected chi connectivity index (χ4v) is 3.10. The fourth-order valence-electron chi connectivity index (χ4n) is 3.10. The molecular weight excluding hydrogens is 288 g/mol. The van der Waals surface area contributed by atoms with Crippen molar-refractivity contribution < 1.29 is 4.74 Å². The Morgan fingerprint density at radius 2 is 2.13 bits per heavy atom. The van der Waals surface area contributed by atoms with Crippen molar-refractivity contribution in [3.63, 3.8) is 0 Å². The summed E-state index contributed by atoms with van der Waals surface area (Å²) in [6.45, 7) is 10.2. The molecule has 124 valence electrons. The van der Waals surface area contributed by atoms with Gasteiger partial charge in [0.1, 0.15) is 5.82 Å². The molecule has 1 aliphatic rings. The number of nitrogens with zero attached hydrogens (tertiary/aromatic N) is 3. The van der Waals surface area contributed by atoms with Gasteiger partial charge >= 0.3 is 6.01 Å². The second kappa shape index (κ2) is 7.13. The Morgan fingerprint density at radius 3 is 2.91 bits per heavy atom. The van der Waals surface area contributed by atoms with Gasteiger partial charge < -0.3 is 15.0 Å². The zero-order valence-electron chi connectivity index (χ0n) is 14.2. The number of anilines is 1. The van der Waals surface area contributed by atoms with Crippen LogP contribution < -0.4 is 15.0 Å². The van der Waals surface area contributed by atoms with Crippen LogP contribution in [0.4, 0.5) is 5.82 Å². The summed E-state index contributed by atoms with van der Waals surface area (Å²) in [6.07, 6.45) is 0.952. The molecule has 0 radical (unpaired) electrons. The molecule has 1 N–H and O–H groups in total. The molecule has 0 amide bonds. The minimum atomic E-state index is 0.432. The molecule has 3 rings (SSSR count). The van der Waals surface area contributed by atoms with Crippen molar-refractivity contribution in [2.24, 2.45) is 5.92 Å². The molecule has 0 bridgehead atoms. The van der Waals surface area contributed by atoms with Crippen LogP contribution in [0.5, 0.6) is 6.01 Å². The van der Waals surface area contributed by atoms with E-state index in [0.29, 0.717) is 24.6 Å². The van der Waals surface area contributed by atoms with Crippen molar-refractivity contribution in [2.45, 2.75) is 33.2 Å². The van der Waals surface area contributed by atoms with Crippen LogP contribution in [0, 0.1) is 5.92 Å². The quantitative estimate of drug-likeness (QED) is 0.919. The van der Waals surface area contributed by atoms with Gasteiger partial charge in [-0.05, 0) is 24.5 Å². The lowest BCUT2D eigenvalue weighted by atomic mass is 10.00. The highest BCUT2D eigenvalue weighted by Gasteiger charge is 2.28. The lowest BCUT2D eigenvalue weighted by Crippen LogP contribution is -2.54. The first kappa shape index (κ1) is 16.0. The highest BCUT2D eigenvalue weighted by Crippen LogP contribution is 2.29. The highest BCUT2D eigenvalue weighted by atomic mass is 16.5. The van der Waals surface area contributed by atoms with Gasteiger partial charge in [-0.15, -0.1) is 0 Å². The van der Waals surface area contributed by atoms with Gasteiger partial charge in [0.05, 0.1) is 12.1 Å². The lowest BCUT2D eigenvalue weighted by molar-refractivity contribution is 0.292. The van der Waals surface area contributed by atoms with Gasteiger partial charge in [0.25, 0.3) is 0 Å². The van der Waals surface area contributed by atoms with E-state index in [-0.39, 0.29) is 0 Å². The summed E-state index contributed by atoms with van der Waals surface area (Å²) in [5.74, 6) is 1.55. The lowest BCUT2D eigenvalue weighted by Gasteiger charge is -2.40. The number of piperazine rings is 1.